The summed E-state index contributed by atoms with van der Waals surface area (Å²) in [6.45, 7) is 16.5. The van der Waals surface area contributed by atoms with Gasteiger partial charge < -0.3 is 9.74 Å². The van der Waals surface area contributed by atoms with E-state index in [2.05, 4.69) is 95.5 Å². The van der Waals surface area contributed by atoms with E-state index in [0.29, 0.717) is 0 Å². The molecule has 0 bridgehead atoms. The second-order valence-electron chi connectivity index (χ2n) is 8.16. The molecular weight excluding hydrogens is 310 g/mol. The highest BCUT2D eigenvalue weighted by atomic mass is 28.4. The van der Waals surface area contributed by atoms with Crippen molar-refractivity contribution in [1.29, 1.82) is 0 Å². The normalized spacial score (nSPS) is 12.1. The molecule has 0 saturated carbocycles. The molecule has 0 aliphatic carbocycles. The molecular formula is C21H31NOSi. The fourth-order valence-corrected chi connectivity index (χ4v) is 3.21. The van der Waals surface area contributed by atoms with Crippen molar-refractivity contribution in [2.45, 2.75) is 59.3 Å². The van der Waals surface area contributed by atoms with Crippen molar-refractivity contribution < 1.29 is 4.43 Å². The summed E-state index contributed by atoms with van der Waals surface area (Å²) in [5.74, 6) is 0.983. The van der Waals surface area contributed by atoms with Gasteiger partial charge in [0.2, 0.25) is 8.32 Å². The molecule has 0 amide bonds. The molecule has 0 aromatic heterocycles. The minimum Gasteiger partial charge on any atom is -0.544 e. The van der Waals surface area contributed by atoms with Crippen LogP contribution in [-0.2, 0) is 6.54 Å². The zero-order valence-corrected chi connectivity index (χ0v) is 17.2. The van der Waals surface area contributed by atoms with E-state index in [4.69, 9.17) is 4.43 Å². The van der Waals surface area contributed by atoms with Gasteiger partial charge in [-0.05, 0) is 72.9 Å². The predicted octanol–water partition coefficient (Wildman–Crippen LogP) is 6.30. The SMILES string of the molecule is Cc1ccc(NCc2ccc(O[Si](C)(C)C(C)(C)C)cc2)cc1C. The van der Waals surface area contributed by atoms with E-state index in [1.54, 1.807) is 0 Å². The minimum absolute atomic E-state index is 0.219. The Morgan fingerprint density at radius 2 is 1.54 bits per heavy atom. The van der Waals surface area contributed by atoms with Gasteiger partial charge in [-0.1, -0.05) is 39.0 Å². The van der Waals surface area contributed by atoms with Gasteiger partial charge in [0.25, 0.3) is 0 Å². The monoisotopic (exact) mass is 341 g/mol. The topological polar surface area (TPSA) is 21.3 Å². The molecule has 2 aromatic rings. The third-order valence-electron chi connectivity index (χ3n) is 5.11. The summed E-state index contributed by atoms with van der Waals surface area (Å²) < 4.78 is 6.33. The van der Waals surface area contributed by atoms with Crippen LogP contribution in [0, 0.1) is 13.8 Å². The van der Waals surface area contributed by atoms with Crippen molar-refractivity contribution in [2.75, 3.05) is 5.32 Å². The van der Waals surface area contributed by atoms with Gasteiger partial charge >= 0.3 is 0 Å². The van der Waals surface area contributed by atoms with Gasteiger partial charge in [0.05, 0.1) is 0 Å². The molecule has 2 rings (SSSR count). The quantitative estimate of drug-likeness (QED) is 0.644. The van der Waals surface area contributed by atoms with Crippen molar-refractivity contribution in [3.05, 3.63) is 59.2 Å². The lowest BCUT2D eigenvalue weighted by molar-refractivity contribution is 0.492. The number of aryl methyl sites for hydroxylation is 2. The van der Waals surface area contributed by atoms with E-state index in [0.717, 1.165) is 12.3 Å². The summed E-state index contributed by atoms with van der Waals surface area (Å²) in [5.41, 5.74) is 5.07. The molecule has 24 heavy (non-hydrogen) atoms. The summed E-state index contributed by atoms with van der Waals surface area (Å²) in [6, 6.07) is 15.0. The fourth-order valence-electron chi connectivity index (χ4n) is 2.18. The van der Waals surface area contributed by atoms with E-state index in [9.17, 15) is 0 Å². The lowest BCUT2D eigenvalue weighted by Crippen LogP contribution is -2.43. The second-order valence-corrected chi connectivity index (χ2v) is 12.9. The first-order valence-corrected chi connectivity index (χ1v) is 11.6. The van der Waals surface area contributed by atoms with E-state index in [1.165, 1.54) is 22.4 Å². The van der Waals surface area contributed by atoms with Crippen molar-refractivity contribution in [3.8, 4) is 5.75 Å². The van der Waals surface area contributed by atoms with Crippen LogP contribution in [0.4, 0.5) is 5.69 Å². The molecule has 0 heterocycles. The first-order chi connectivity index (χ1) is 11.1. The molecule has 0 radical (unpaired) electrons. The summed E-state index contributed by atoms with van der Waals surface area (Å²) in [5, 5.41) is 3.71. The van der Waals surface area contributed by atoms with Crippen LogP contribution in [0.1, 0.15) is 37.5 Å². The molecule has 0 aliphatic heterocycles. The molecule has 0 atom stereocenters. The van der Waals surface area contributed by atoms with Gasteiger partial charge in [0.1, 0.15) is 5.75 Å². The standard InChI is InChI=1S/C21H31NOSi/c1-16-8-11-19(14-17(16)2)22-15-18-9-12-20(13-10-18)23-24(6,7)21(3,4)5/h8-14,22H,15H2,1-7H3. The van der Waals surface area contributed by atoms with Crippen LogP contribution in [-0.4, -0.2) is 8.32 Å². The first-order valence-electron chi connectivity index (χ1n) is 8.67. The molecule has 3 heteroatoms. The smallest absolute Gasteiger partial charge is 0.250 e. The van der Waals surface area contributed by atoms with Crippen molar-refractivity contribution in [1.82, 2.24) is 0 Å². The van der Waals surface area contributed by atoms with Gasteiger partial charge in [0.15, 0.2) is 0 Å². The van der Waals surface area contributed by atoms with Crippen LogP contribution in [0.25, 0.3) is 0 Å². The summed E-state index contributed by atoms with van der Waals surface area (Å²) in [6.07, 6.45) is 0. The summed E-state index contributed by atoms with van der Waals surface area (Å²) in [7, 11) is -1.76. The predicted molar refractivity (Wildman–Crippen MR) is 108 cm³/mol. The highest BCUT2D eigenvalue weighted by Gasteiger charge is 2.38. The number of nitrogens with one attached hydrogen (secondary N) is 1. The Labute approximate surface area is 148 Å². The van der Waals surface area contributed by atoms with E-state index < -0.39 is 8.32 Å². The number of hydrogen-bond acceptors (Lipinski definition) is 2. The Kier molecular flexibility index (Phi) is 5.44. The summed E-state index contributed by atoms with van der Waals surface area (Å²) in [4.78, 5) is 0. The summed E-state index contributed by atoms with van der Waals surface area (Å²) >= 11 is 0. The lowest BCUT2D eigenvalue weighted by atomic mass is 10.1. The van der Waals surface area contributed by atoms with Crippen molar-refractivity contribution in [2.24, 2.45) is 0 Å². The van der Waals surface area contributed by atoms with Crippen LogP contribution in [0.5, 0.6) is 5.75 Å². The van der Waals surface area contributed by atoms with Crippen LogP contribution in [0.15, 0.2) is 42.5 Å². The Morgan fingerprint density at radius 1 is 0.917 bits per heavy atom. The second kappa shape index (κ2) is 7.02. The Hall–Kier alpha value is -1.74. The maximum absolute atomic E-state index is 6.33. The average Bonchev–Trinajstić information content (AvgIpc) is 2.48. The highest BCUT2D eigenvalue weighted by Crippen LogP contribution is 2.37. The van der Waals surface area contributed by atoms with Crippen LogP contribution in [0.3, 0.4) is 0 Å². The molecule has 0 saturated heterocycles. The number of hydrogen-bond donors (Lipinski definition) is 1. The molecule has 0 aliphatic rings. The number of rotatable bonds is 5. The van der Waals surface area contributed by atoms with Gasteiger partial charge in [-0.3, -0.25) is 0 Å². The number of benzene rings is 2. The molecule has 1 N–H and O–H groups in total. The van der Waals surface area contributed by atoms with Gasteiger partial charge in [-0.2, -0.15) is 0 Å². The third kappa shape index (κ3) is 4.64. The molecule has 0 unspecified atom stereocenters. The molecule has 130 valence electrons. The largest absolute Gasteiger partial charge is 0.544 e. The highest BCUT2D eigenvalue weighted by molar-refractivity contribution is 6.74. The third-order valence-corrected chi connectivity index (χ3v) is 9.46. The van der Waals surface area contributed by atoms with Crippen molar-refractivity contribution >= 4 is 14.0 Å². The van der Waals surface area contributed by atoms with Gasteiger partial charge in [-0.15, -0.1) is 0 Å². The van der Waals surface area contributed by atoms with Crippen LogP contribution < -0.4 is 9.74 Å². The molecule has 2 nitrogen and oxygen atoms in total. The maximum Gasteiger partial charge on any atom is 0.250 e. The minimum atomic E-state index is -1.76. The zero-order chi connectivity index (χ0) is 18.0. The van der Waals surface area contributed by atoms with Crippen LogP contribution >= 0.6 is 0 Å². The average molecular weight is 342 g/mol. The Balaban J connectivity index is 1.98. The van der Waals surface area contributed by atoms with Crippen LogP contribution in [0.2, 0.25) is 18.1 Å². The molecule has 0 spiro atoms. The molecule has 0 fully saturated rings. The maximum atomic E-state index is 6.33. The zero-order valence-electron chi connectivity index (χ0n) is 16.2. The fraction of sp³-hybridized carbons (Fsp3) is 0.429. The van der Waals surface area contributed by atoms with Crippen molar-refractivity contribution in [3.63, 3.8) is 0 Å². The Bertz CT molecular complexity index is 684. The molecule has 2 aromatic carbocycles. The first kappa shape index (κ1) is 18.6. The lowest BCUT2D eigenvalue weighted by Gasteiger charge is -2.36. The van der Waals surface area contributed by atoms with E-state index in [-0.39, 0.29) is 5.04 Å². The van der Waals surface area contributed by atoms with E-state index in [1.807, 2.05) is 0 Å². The van der Waals surface area contributed by atoms with Gasteiger partial charge in [-0.25, -0.2) is 0 Å². The van der Waals surface area contributed by atoms with Gasteiger partial charge in [0, 0.05) is 12.2 Å². The number of anilines is 1. The Morgan fingerprint density at radius 3 is 2.08 bits per heavy atom. The van der Waals surface area contributed by atoms with E-state index >= 15 is 0 Å².